The van der Waals surface area contributed by atoms with E-state index in [2.05, 4.69) is 4.98 Å². The molecule has 0 fully saturated rings. The number of benzene rings is 1. The fourth-order valence-corrected chi connectivity index (χ4v) is 1.92. The molecule has 2 N–H and O–H groups in total. The Morgan fingerprint density at radius 1 is 1.21 bits per heavy atom. The highest BCUT2D eigenvalue weighted by molar-refractivity contribution is 6.32. The fraction of sp³-hybridized carbons (Fsp3) is 0.267. The van der Waals surface area contributed by atoms with Gasteiger partial charge in [0.25, 0.3) is 0 Å². The Balaban J connectivity index is 2.05. The quantitative estimate of drug-likeness (QED) is 0.931. The molecule has 1 heterocycles. The van der Waals surface area contributed by atoms with Crippen LogP contribution in [0.5, 0.6) is 5.75 Å². The van der Waals surface area contributed by atoms with E-state index in [0.29, 0.717) is 13.2 Å². The van der Waals surface area contributed by atoms with Crippen LogP contribution in [0.2, 0.25) is 5.02 Å². The Kier molecular flexibility index (Phi) is 4.40. The molecule has 0 amide bonds. The summed E-state index contributed by atoms with van der Waals surface area (Å²) in [4.78, 5) is 4.30. The summed E-state index contributed by atoms with van der Waals surface area (Å²) in [6, 6.07) is 7.76. The third-order valence-electron chi connectivity index (χ3n) is 2.92. The van der Waals surface area contributed by atoms with Crippen molar-refractivity contribution in [3.63, 3.8) is 0 Å². The van der Waals surface area contributed by atoms with Gasteiger partial charge in [-0.05, 0) is 48.7 Å². The molecule has 0 atom stereocenters. The van der Waals surface area contributed by atoms with Crippen molar-refractivity contribution in [2.45, 2.75) is 27.0 Å². The van der Waals surface area contributed by atoms with Gasteiger partial charge in [-0.15, -0.1) is 0 Å². The van der Waals surface area contributed by atoms with Crippen LogP contribution >= 0.6 is 11.6 Å². The summed E-state index contributed by atoms with van der Waals surface area (Å²) in [7, 11) is 0. The molecule has 0 saturated carbocycles. The molecular weight excluding hydrogens is 260 g/mol. The summed E-state index contributed by atoms with van der Waals surface area (Å²) >= 11 is 6.12. The third-order valence-corrected chi connectivity index (χ3v) is 3.51. The Bertz CT molecular complexity index is 544. The molecule has 0 spiro atoms. The minimum absolute atomic E-state index is 0.436. The van der Waals surface area contributed by atoms with Crippen LogP contribution in [0.4, 0.5) is 0 Å². The number of nitrogens with zero attached hydrogens (tertiary/aromatic N) is 1. The normalized spacial score (nSPS) is 10.5. The monoisotopic (exact) mass is 276 g/mol. The maximum absolute atomic E-state index is 6.12. The summed E-state index contributed by atoms with van der Waals surface area (Å²) in [6.45, 7) is 4.88. The summed E-state index contributed by atoms with van der Waals surface area (Å²) < 4.78 is 5.73. The fourth-order valence-electron chi connectivity index (χ4n) is 1.81. The van der Waals surface area contributed by atoms with E-state index in [1.165, 1.54) is 0 Å². The van der Waals surface area contributed by atoms with E-state index >= 15 is 0 Å². The van der Waals surface area contributed by atoms with Crippen LogP contribution < -0.4 is 10.5 Å². The lowest BCUT2D eigenvalue weighted by molar-refractivity contribution is 0.301. The first-order chi connectivity index (χ1) is 9.10. The topological polar surface area (TPSA) is 48.1 Å². The third kappa shape index (κ3) is 3.46. The van der Waals surface area contributed by atoms with E-state index < -0.39 is 0 Å². The highest BCUT2D eigenvalue weighted by Gasteiger charge is 2.04. The number of hydrogen-bond donors (Lipinski definition) is 1. The van der Waals surface area contributed by atoms with Crippen LogP contribution in [0.3, 0.4) is 0 Å². The molecule has 100 valence electrons. The molecule has 0 radical (unpaired) electrons. The van der Waals surface area contributed by atoms with Crippen molar-refractivity contribution in [3.05, 3.63) is 57.9 Å². The summed E-state index contributed by atoms with van der Waals surface area (Å²) in [5, 5.41) is 0.790. The molecule has 19 heavy (non-hydrogen) atoms. The predicted molar refractivity (Wildman–Crippen MR) is 77.4 cm³/mol. The number of ether oxygens (including phenoxy) is 1. The van der Waals surface area contributed by atoms with Gasteiger partial charge >= 0.3 is 0 Å². The van der Waals surface area contributed by atoms with Crippen molar-refractivity contribution < 1.29 is 4.74 Å². The molecule has 0 aliphatic rings. The first kappa shape index (κ1) is 13.8. The molecule has 0 aliphatic carbocycles. The largest absolute Gasteiger partial charge is 0.487 e. The van der Waals surface area contributed by atoms with Crippen LogP contribution in [-0.2, 0) is 13.2 Å². The lowest BCUT2D eigenvalue weighted by atomic mass is 10.1. The van der Waals surface area contributed by atoms with Crippen molar-refractivity contribution in [1.29, 1.82) is 0 Å². The average molecular weight is 277 g/mol. The van der Waals surface area contributed by atoms with E-state index in [0.717, 1.165) is 33.2 Å². The van der Waals surface area contributed by atoms with Gasteiger partial charge in [0.1, 0.15) is 12.4 Å². The average Bonchev–Trinajstić information content (AvgIpc) is 2.43. The molecule has 2 aromatic rings. The molecule has 1 aromatic heterocycles. The highest BCUT2D eigenvalue weighted by Crippen LogP contribution is 2.26. The van der Waals surface area contributed by atoms with Crippen molar-refractivity contribution >= 4 is 11.6 Å². The standard InChI is InChI=1S/C15H17ClN2O/c1-10-5-14(6-11(2)15(10)16)19-9-13-4-3-12(7-17)8-18-13/h3-6,8H,7,9,17H2,1-2H3. The molecule has 0 saturated heterocycles. The van der Waals surface area contributed by atoms with Gasteiger partial charge in [-0.25, -0.2) is 0 Å². The minimum atomic E-state index is 0.436. The maximum atomic E-state index is 6.12. The number of hydrogen-bond acceptors (Lipinski definition) is 3. The molecule has 0 unspecified atom stereocenters. The Hall–Kier alpha value is -1.58. The van der Waals surface area contributed by atoms with Crippen LogP contribution in [-0.4, -0.2) is 4.98 Å². The van der Waals surface area contributed by atoms with Gasteiger partial charge in [-0.3, -0.25) is 4.98 Å². The SMILES string of the molecule is Cc1cc(OCc2ccc(CN)cn2)cc(C)c1Cl. The zero-order valence-electron chi connectivity index (χ0n) is 11.1. The lowest BCUT2D eigenvalue weighted by Crippen LogP contribution is -2.01. The van der Waals surface area contributed by atoms with Crippen molar-refractivity contribution in [2.75, 3.05) is 0 Å². The van der Waals surface area contributed by atoms with Gasteiger partial charge in [-0.2, -0.15) is 0 Å². The zero-order chi connectivity index (χ0) is 13.8. The summed E-state index contributed by atoms with van der Waals surface area (Å²) in [6.07, 6.45) is 1.77. The van der Waals surface area contributed by atoms with Crippen LogP contribution in [0, 0.1) is 13.8 Å². The lowest BCUT2D eigenvalue weighted by Gasteiger charge is -2.10. The van der Waals surface area contributed by atoms with Gasteiger partial charge in [-0.1, -0.05) is 17.7 Å². The zero-order valence-corrected chi connectivity index (χ0v) is 11.9. The molecule has 0 bridgehead atoms. The Morgan fingerprint density at radius 3 is 2.42 bits per heavy atom. The maximum Gasteiger partial charge on any atom is 0.130 e. The molecule has 2 rings (SSSR count). The van der Waals surface area contributed by atoms with Gasteiger partial charge in [0.2, 0.25) is 0 Å². The van der Waals surface area contributed by atoms with Gasteiger partial charge in [0.05, 0.1) is 5.69 Å². The molecule has 3 nitrogen and oxygen atoms in total. The molecular formula is C15H17ClN2O. The minimum Gasteiger partial charge on any atom is -0.487 e. The number of pyridine rings is 1. The van der Waals surface area contributed by atoms with Crippen LogP contribution in [0.25, 0.3) is 0 Å². The van der Waals surface area contributed by atoms with Crippen molar-refractivity contribution in [2.24, 2.45) is 5.73 Å². The van der Waals surface area contributed by atoms with Crippen molar-refractivity contribution in [3.8, 4) is 5.75 Å². The van der Waals surface area contributed by atoms with Gasteiger partial charge in [0.15, 0.2) is 0 Å². The summed E-state index contributed by atoms with van der Waals surface area (Å²) in [5.41, 5.74) is 9.46. The molecule has 1 aromatic carbocycles. The van der Waals surface area contributed by atoms with Crippen LogP contribution in [0.15, 0.2) is 30.5 Å². The number of nitrogens with two attached hydrogens (primary N) is 1. The predicted octanol–water partition coefficient (Wildman–Crippen LogP) is 3.39. The number of aryl methyl sites for hydroxylation is 2. The Morgan fingerprint density at radius 2 is 1.89 bits per heavy atom. The summed E-state index contributed by atoms with van der Waals surface area (Å²) in [5.74, 6) is 0.809. The first-order valence-electron chi connectivity index (χ1n) is 6.13. The smallest absolute Gasteiger partial charge is 0.130 e. The van der Waals surface area contributed by atoms with E-state index in [-0.39, 0.29) is 0 Å². The van der Waals surface area contributed by atoms with E-state index in [4.69, 9.17) is 22.1 Å². The second-order valence-corrected chi connectivity index (χ2v) is 4.90. The number of aromatic nitrogens is 1. The second-order valence-electron chi connectivity index (χ2n) is 4.52. The van der Waals surface area contributed by atoms with Gasteiger partial charge in [0, 0.05) is 17.8 Å². The molecule has 0 aliphatic heterocycles. The van der Waals surface area contributed by atoms with Gasteiger partial charge < -0.3 is 10.5 Å². The number of rotatable bonds is 4. The van der Waals surface area contributed by atoms with E-state index in [1.54, 1.807) is 6.20 Å². The highest BCUT2D eigenvalue weighted by atomic mass is 35.5. The number of halogens is 1. The van der Waals surface area contributed by atoms with Crippen LogP contribution in [0.1, 0.15) is 22.4 Å². The van der Waals surface area contributed by atoms with Crippen molar-refractivity contribution in [1.82, 2.24) is 4.98 Å². The molecule has 4 heteroatoms. The van der Waals surface area contributed by atoms with E-state index in [1.807, 2.05) is 38.1 Å². The first-order valence-corrected chi connectivity index (χ1v) is 6.51. The van der Waals surface area contributed by atoms with E-state index in [9.17, 15) is 0 Å². The second kappa shape index (κ2) is 6.04. The Labute approximate surface area is 118 Å².